The molecule has 0 bridgehead atoms. The Morgan fingerprint density at radius 2 is 2.05 bits per heavy atom. The highest BCUT2D eigenvalue weighted by Gasteiger charge is 2.15. The van der Waals surface area contributed by atoms with Crippen LogP contribution in [-0.4, -0.2) is 0 Å². The van der Waals surface area contributed by atoms with Crippen molar-refractivity contribution in [3.63, 3.8) is 0 Å². The van der Waals surface area contributed by atoms with Gasteiger partial charge in [-0.25, -0.2) is 4.39 Å². The molecule has 0 radical (unpaired) electrons. The Morgan fingerprint density at radius 3 is 2.65 bits per heavy atom. The summed E-state index contributed by atoms with van der Waals surface area (Å²) in [7, 11) is 0. The second-order valence-corrected chi connectivity index (χ2v) is 5.98. The maximum atomic E-state index is 13.1. The van der Waals surface area contributed by atoms with Gasteiger partial charge in [0.1, 0.15) is 5.82 Å². The standard InChI is InChI=1S/C15H15BrClFN2/c1-9-6-12(18)4-2-10(9)7-15(20-19)13-5-3-11(16)8-14(13)17/h2-6,8,15,20H,7,19H2,1H3. The smallest absolute Gasteiger partial charge is 0.123 e. The average molecular weight is 358 g/mol. The molecule has 2 aromatic carbocycles. The van der Waals surface area contributed by atoms with Crippen LogP contribution >= 0.6 is 27.5 Å². The first-order chi connectivity index (χ1) is 9.51. The van der Waals surface area contributed by atoms with E-state index in [9.17, 15) is 4.39 Å². The molecule has 106 valence electrons. The minimum absolute atomic E-state index is 0.125. The summed E-state index contributed by atoms with van der Waals surface area (Å²) in [4.78, 5) is 0. The van der Waals surface area contributed by atoms with Crippen molar-refractivity contribution >= 4 is 27.5 Å². The lowest BCUT2D eigenvalue weighted by molar-refractivity contribution is 0.549. The van der Waals surface area contributed by atoms with Crippen LogP contribution in [0.1, 0.15) is 22.7 Å². The Hall–Kier alpha value is -0.940. The van der Waals surface area contributed by atoms with Gasteiger partial charge in [0, 0.05) is 9.50 Å². The lowest BCUT2D eigenvalue weighted by atomic mass is 9.96. The molecule has 0 amide bonds. The van der Waals surface area contributed by atoms with E-state index in [1.807, 2.05) is 25.1 Å². The molecule has 5 heteroatoms. The van der Waals surface area contributed by atoms with Crippen LogP contribution in [0, 0.1) is 12.7 Å². The molecule has 1 atom stereocenters. The number of halogens is 3. The number of benzene rings is 2. The number of hydrogen-bond donors (Lipinski definition) is 2. The second kappa shape index (κ2) is 6.68. The minimum Gasteiger partial charge on any atom is -0.271 e. The van der Waals surface area contributed by atoms with Gasteiger partial charge in [-0.05, 0) is 54.3 Å². The molecule has 0 saturated heterocycles. The summed E-state index contributed by atoms with van der Waals surface area (Å²) in [6.07, 6.45) is 0.643. The molecule has 2 nitrogen and oxygen atoms in total. The first-order valence-corrected chi connectivity index (χ1v) is 7.34. The van der Waals surface area contributed by atoms with E-state index in [-0.39, 0.29) is 11.9 Å². The summed E-state index contributed by atoms with van der Waals surface area (Å²) in [6, 6.07) is 10.3. The van der Waals surface area contributed by atoms with Gasteiger partial charge in [0.2, 0.25) is 0 Å². The van der Waals surface area contributed by atoms with Crippen molar-refractivity contribution in [1.29, 1.82) is 0 Å². The zero-order chi connectivity index (χ0) is 14.7. The highest BCUT2D eigenvalue weighted by Crippen LogP contribution is 2.29. The molecular weight excluding hydrogens is 343 g/mol. The third kappa shape index (κ3) is 3.58. The van der Waals surface area contributed by atoms with Gasteiger partial charge in [-0.2, -0.15) is 0 Å². The van der Waals surface area contributed by atoms with Crippen molar-refractivity contribution in [2.45, 2.75) is 19.4 Å². The third-order valence-corrected chi connectivity index (χ3v) is 4.09. The van der Waals surface area contributed by atoms with E-state index >= 15 is 0 Å². The largest absolute Gasteiger partial charge is 0.271 e. The summed E-state index contributed by atoms with van der Waals surface area (Å²) < 4.78 is 14.0. The van der Waals surface area contributed by atoms with Crippen molar-refractivity contribution in [2.75, 3.05) is 0 Å². The molecule has 3 N–H and O–H groups in total. The van der Waals surface area contributed by atoms with E-state index in [2.05, 4.69) is 21.4 Å². The maximum absolute atomic E-state index is 13.1. The van der Waals surface area contributed by atoms with Crippen LogP contribution in [0.25, 0.3) is 0 Å². The van der Waals surface area contributed by atoms with E-state index in [1.54, 1.807) is 6.07 Å². The summed E-state index contributed by atoms with van der Waals surface area (Å²) in [5, 5.41) is 0.641. The molecule has 0 saturated carbocycles. The predicted octanol–water partition coefficient (Wildman–Crippen LogP) is 4.30. The number of aryl methyl sites for hydroxylation is 1. The second-order valence-electron chi connectivity index (χ2n) is 4.66. The van der Waals surface area contributed by atoms with Gasteiger partial charge in [-0.1, -0.05) is 39.7 Å². The normalized spacial score (nSPS) is 12.4. The quantitative estimate of drug-likeness (QED) is 0.632. The van der Waals surface area contributed by atoms with E-state index < -0.39 is 0 Å². The van der Waals surface area contributed by atoms with Gasteiger partial charge in [0.15, 0.2) is 0 Å². The Kier molecular flexibility index (Phi) is 5.16. The monoisotopic (exact) mass is 356 g/mol. The van der Waals surface area contributed by atoms with Crippen molar-refractivity contribution in [2.24, 2.45) is 5.84 Å². The number of hydrazine groups is 1. The number of hydrogen-bond acceptors (Lipinski definition) is 2. The molecule has 0 heterocycles. The van der Waals surface area contributed by atoms with E-state index in [4.69, 9.17) is 17.4 Å². The summed E-state index contributed by atoms with van der Waals surface area (Å²) in [5.41, 5.74) is 5.63. The van der Waals surface area contributed by atoms with Gasteiger partial charge >= 0.3 is 0 Å². The van der Waals surface area contributed by atoms with Gasteiger partial charge in [-0.15, -0.1) is 0 Å². The van der Waals surface area contributed by atoms with Gasteiger partial charge < -0.3 is 0 Å². The number of nitrogens with one attached hydrogen (secondary N) is 1. The average Bonchev–Trinajstić information content (AvgIpc) is 2.39. The van der Waals surface area contributed by atoms with Crippen LogP contribution in [0.3, 0.4) is 0 Å². The van der Waals surface area contributed by atoms with Crippen molar-refractivity contribution in [3.8, 4) is 0 Å². The summed E-state index contributed by atoms with van der Waals surface area (Å²) in [5.74, 6) is 5.41. The summed E-state index contributed by atoms with van der Waals surface area (Å²) >= 11 is 9.62. The zero-order valence-corrected chi connectivity index (χ0v) is 13.3. The Morgan fingerprint density at radius 1 is 1.30 bits per heavy atom. The third-order valence-electron chi connectivity index (χ3n) is 3.27. The molecule has 0 spiro atoms. The molecule has 20 heavy (non-hydrogen) atoms. The maximum Gasteiger partial charge on any atom is 0.123 e. The number of nitrogens with two attached hydrogens (primary N) is 1. The Balaban J connectivity index is 2.28. The van der Waals surface area contributed by atoms with E-state index in [0.717, 1.165) is 21.2 Å². The highest BCUT2D eigenvalue weighted by atomic mass is 79.9. The SMILES string of the molecule is Cc1cc(F)ccc1CC(NN)c1ccc(Br)cc1Cl. The van der Waals surface area contributed by atoms with Gasteiger partial charge in [-0.3, -0.25) is 11.3 Å². The van der Waals surface area contributed by atoms with Crippen LogP contribution in [0.15, 0.2) is 40.9 Å². The molecule has 2 aromatic rings. The molecule has 0 aliphatic heterocycles. The minimum atomic E-state index is -0.231. The predicted molar refractivity (Wildman–Crippen MR) is 84.1 cm³/mol. The van der Waals surface area contributed by atoms with E-state index in [1.165, 1.54) is 12.1 Å². The lowest BCUT2D eigenvalue weighted by Gasteiger charge is -2.19. The van der Waals surface area contributed by atoms with Gasteiger partial charge in [0.05, 0.1) is 6.04 Å². The Labute approximate surface area is 131 Å². The van der Waals surface area contributed by atoms with Crippen molar-refractivity contribution in [1.82, 2.24) is 5.43 Å². The first-order valence-electron chi connectivity index (χ1n) is 6.17. The van der Waals surface area contributed by atoms with Crippen LogP contribution in [-0.2, 0) is 6.42 Å². The topological polar surface area (TPSA) is 38.0 Å². The zero-order valence-electron chi connectivity index (χ0n) is 11.0. The van der Waals surface area contributed by atoms with Crippen LogP contribution < -0.4 is 11.3 Å². The Bertz CT molecular complexity index is 619. The lowest BCUT2D eigenvalue weighted by Crippen LogP contribution is -2.30. The fraction of sp³-hybridized carbons (Fsp3) is 0.200. The molecule has 0 fully saturated rings. The first kappa shape index (κ1) is 15.4. The molecule has 2 rings (SSSR count). The molecular formula is C15H15BrClFN2. The van der Waals surface area contributed by atoms with Crippen LogP contribution in [0.2, 0.25) is 5.02 Å². The fourth-order valence-electron chi connectivity index (χ4n) is 2.15. The number of rotatable bonds is 4. The molecule has 0 aliphatic rings. The fourth-order valence-corrected chi connectivity index (χ4v) is 2.96. The van der Waals surface area contributed by atoms with Crippen molar-refractivity contribution in [3.05, 3.63) is 68.4 Å². The molecule has 1 unspecified atom stereocenters. The summed E-state index contributed by atoms with van der Waals surface area (Å²) in [6.45, 7) is 1.88. The van der Waals surface area contributed by atoms with E-state index in [0.29, 0.717) is 11.4 Å². The van der Waals surface area contributed by atoms with Crippen LogP contribution in [0.4, 0.5) is 4.39 Å². The van der Waals surface area contributed by atoms with Crippen molar-refractivity contribution < 1.29 is 4.39 Å². The van der Waals surface area contributed by atoms with Crippen LogP contribution in [0.5, 0.6) is 0 Å². The molecule has 0 aromatic heterocycles. The highest BCUT2D eigenvalue weighted by molar-refractivity contribution is 9.10. The van der Waals surface area contributed by atoms with Gasteiger partial charge in [0.25, 0.3) is 0 Å². The molecule has 0 aliphatic carbocycles.